The van der Waals surface area contributed by atoms with Crippen molar-refractivity contribution < 1.29 is 4.79 Å². The van der Waals surface area contributed by atoms with Crippen molar-refractivity contribution in [1.29, 1.82) is 0 Å². The predicted octanol–water partition coefficient (Wildman–Crippen LogP) is 3.38. The highest BCUT2D eigenvalue weighted by atomic mass is 35.5. The van der Waals surface area contributed by atoms with E-state index in [0.29, 0.717) is 22.2 Å². The van der Waals surface area contributed by atoms with Gasteiger partial charge in [-0.1, -0.05) is 24.9 Å². The lowest BCUT2D eigenvalue weighted by atomic mass is 10.1. The third-order valence-corrected chi connectivity index (χ3v) is 3.20. The van der Waals surface area contributed by atoms with Crippen LogP contribution in [0, 0.1) is 0 Å². The van der Waals surface area contributed by atoms with Crippen LogP contribution in [0.4, 0.5) is 11.6 Å². The first-order valence-electron chi connectivity index (χ1n) is 6.74. The fraction of sp³-hybridized carbons (Fsp3) is 0.267. The summed E-state index contributed by atoms with van der Waals surface area (Å²) in [5.74, 6) is 0.758. The maximum Gasteiger partial charge on any atom is 0.257 e. The van der Waals surface area contributed by atoms with Crippen LogP contribution >= 0.6 is 11.6 Å². The third kappa shape index (κ3) is 3.92. The zero-order valence-corrected chi connectivity index (χ0v) is 12.7. The van der Waals surface area contributed by atoms with Gasteiger partial charge in [-0.3, -0.25) is 4.79 Å². The summed E-state index contributed by atoms with van der Waals surface area (Å²) in [7, 11) is 1.77. The molecule has 0 spiro atoms. The Morgan fingerprint density at radius 3 is 2.86 bits per heavy atom. The van der Waals surface area contributed by atoms with Crippen molar-refractivity contribution in [3.05, 3.63) is 46.7 Å². The second kappa shape index (κ2) is 7.04. The molecule has 0 unspecified atom stereocenters. The van der Waals surface area contributed by atoms with Crippen molar-refractivity contribution in [1.82, 2.24) is 9.97 Å². The van der Waals surface area contributed by atoms with Gasteiger partial charge in [0.2, 0.25) is 0 Å². The summed E-state index contributed by atoms with van der Waals surface area (Å²) >= 11 is 5.99. The van der Waals surface area contributed by atoms with E-state index in [1.54, 1.807) is 37.5 Å². The van der Waals surface area contributed by atoms with Crippen LogP contribution in [0.15, 0.2) is 30.5 Å². The predicted molar refractivity (Wildman–Crippen MR) is 85.0 cm³/mol. The first-order chi connectivity index (χ1) is 10.1. The number of nitrogens with zero attached hydrogens (tertiary/aromatic N) is 2. The van der Waals surface area contributed by atoms with Crippen molar-refractivity contribution in [2.24, 2.45) is 0 Å². The van der Waals surface area contributed by atoms with E-state index < -0.39 is 0 Å². The number of carbonyl (C=O) groups excluding carboxylic acids is 1. The topological polar surface area (TPSA) is 66.9 Å². The molecule has 0 bridgehead atoms. The van der Waals surface area contributed by atoms with Gasteiger partial charge in [0.05, 0.1) is 5.02 Å². The molecule has 2 aromatic heterocycles. The Bertz CT molecular complexity index is 645. The minimum absolute atomic E-state index is 0.258. The molecule has 0 aliphatic carbocycles. The van der Waals surface area contributed by atoms with E-state index in [-0.39, 0.29) is 5.91 Å². The minimum Gasteiger partial charge on any atom is -0.373 e. The van der Waals surface area contributed by atoms with Crippen LogP contribution in [0.25, 0.3) is 0 Å². The van der Waals surface area contributed by atoms with Crippen LogP contribution in [0.2, 0.25) is 5.02 Å². The number of aryl methyl sites for hydroxylation is 1. The molecule has 21 heavy (non-hydrogen) atoms. The average Bonchev–Trinajstić information content (AvgIpc) is 2.49. The fourth-order valence-corrected chi connectivity index (χ4v) is 2.06. The molecular weight excluding hydrogens is 288 g/mol. The van der Waals surface area contributed by atoms with Gasteiger partial charge in [-0.25, -0.2) is 9.97 Å². The Morgan fingerprint density at radius 2 is 2.19 bits per heavy atom. The maximum atomic E-state index is 12.3. The van der Waals surface area contributed by atoms with E-state index in [1.165, 1.54) is 0 Å². The second-order valence-electron chi connectivity index (χ2n) is 4.52. The van der Waals surface area contributed by atoms with Crippen LogP contribution in [0.5, 0.6) is 0 Å². The Morgan fingerprint density at radius 1 is 1.38 bits per heavy atom. The quantitative estimate of drug-likeness (QED) is 0.888. The van der Waals surface area contributed by atoms with Crippen LogP contribution in [0.3, 0.4) is 0 Å². The van der Waals surface area contributed by atoms with Gasteiger partial charge in [-0.15, -0.1) is 0 Å². The van der Waals surface area contributed by atoms with E-state index in [0.717, 1.165) is 18.5 Å². The summed E-state index contributed by atoms with van der Waals surface area (Å²) in [4.78, 5) is 20.8. The summed E-state index contributed by atoms with van der Waals surface area (Å²) < 4.78 is 0. The van der Waals surface area contributed by atoms with Crippen LogP contribution in [-0.4, -0.2) is 22.9 Å². The molecule has 0 atom stereocenters. The number of aromatic nitrogens is 2. The third-order valence-electron chi connectivity index (χ3n) is 2.89. The van der Waals surface area contributed by atoms with Crippen LogP contribution < -0.4 is 10.6 Å². The second-order valence-corrected chi connectivity index (χ2v) is 4.93. The highest BCUT2D eigenvalue weighted by Crippen LogP contribution is 2.19. The Kier molecular flexibility index (Phi) is 5.11. The first kappa shape index (κ1) is 15.3. The largest absolute Gasteiger partial charge is 0.373 e. The Labute approximate surface area is 128 Å². The van der Waals surface area contributed by atoms with Gasteiger partial charge in [0.15, 0.2) is 5.82 Å². The van der Waals surface area contributed by atoms with Crippen LogP contribution in [-0.2, 0) is 6.42 Å². The van der Waals surface area contributed by atoms with Gasteiger partial charge in [-0.05, 0) is 30.7 Å². The smallest absolute Gasteiger partial charge is 0.257 e. The van der Waals surface area contributed by atoms with Gasteiger partial charge < -0.3 is 10.6 Å². The zero-order valence-electron chi connectivity index (χ0n) is 12.0. The molecule has 5 nitrogen and oxygen atoms in total. The molecule has 0 aromatic carbocycles. The molecule has 0 aliphatic rings. The summed E-state index contributed by atoms with van der Waals surface area (Å²) in [6, 6.07) is 6.88. The summed E-state index contributed by atoms with van der Waals surface area (Å²) in [6.07, 6.45) is 3.36. The van der Waals surface area contributed by atoms with Gasteiger partial charge in [-0.2, -0.15) is 0 Å². The van der Waals surface area contributed by atoms with Gasteiger partial charge in [0, 0.05) is 24.5 Å². The molecule has 110 valence electrons. The number of halogens is 1. The number of rotatable bonds is 5. The van der Waals surface area contributed by atoms with Crippen molar-refractivity contribution >= 4 is 29.1 Å². The number of hydrogen-bond acceptors (Lipinski definition) is 4. The zero-order chi connectivity index (χ0) is 15.2. The lowest BCUT2D eigenvalue weighted by molar-refractivity contribution is 0.102. The van der Waals surface area contributed by atoms with Gasteiger partial charge in [0.25, 0.3) is 5.91 Å². The molecule has 0 fully saturated rings. The van der Waals surface area contributed by atoms with Crippen molar-refractivity contribution in [2.75, 3.05) is 17.7 Å². The van der Waals surface area contributed by atoms with E-state index in [9.17, 15) is 4.79 Å². The maximum absolute atomic E-state index is 12.3. The average molecular weight is 305 g/mol. The highest BCUT2D eigenvalue weighted by Gasteiger charge is 2.12. The summed E-state index contributed by atoms with van der Waals surface area (Å²) in [5, 5.41) is 6.08. The van der Waals surface area contributed by atoms with E-state index in [2.05, 4.69) is 27.5 Å². The number of nitrogens with one attached hydrogen (secondary N) is 2. The molecule has 6 heteroatoms. The van der Waals surface area contributed by atoms with Gasteiger partial charge >= 0.3 is 0 Å². The number of anilines is 2. The number of pyridine rings is 2. The first-order valence-corrected chi connectivity index (χ1v) is 7.12. The molecule has 0 saturated heterocycles. The molecule has 2 rings (SSSR count). The molecule has 0 saturated carbocycles. The summed E-state index contributed by atoms with van der Waals surface area (Å²) in [5.41, 5.74) is 1.40. The normalized spacial score (nSPS) is 10.2. The molecule has 0 aliphatic heterocycles. The molecule has 1 amide bonds. The molecule has 0 radical (unpaired) electrons. The molecular formula is C15H17ClN4O. The monoisotopic (exact) mass is 304 g/mol. The molecule has 2 N–H and O–H groups in total. The summed E-state index contributed by atoms with van der Waals surface area (Å²) in [6.45, 7) is 2.07. The number of amides is 1. The van der Waals surface area contributed by atoms with Gasteiger partial charge in [0.1, 0.15) is 5.82 Å². The van der Waals surface area contributed by atoms with E-state index >= 15 is 0 Å². The standard InChI is InChI=1S/C15H17ClN4O/c1-3-5-11-8-10(9-13(17-2)19-11)15(21)20-14-12(16)6-4-7-18-14/h4,6-9H,3,5H2,1-2H3,(H,17,19)(H,18,20,21). The number of carbonyl (C=O) groups is 1. The van der Waals surface area contributed by atoms with Crippen molar-refractivity contribution in [3.63, 3.8) is 0 Å². The highest BCUT2D eigenvalue weighted by molar-refractivity contribution is 6.33. The SMILES string of the molecule is CCCc1cc(C(=O)Nc2ncccc2Cl)cc(NC)n1. The van der Waals surface area contributed by atoms with E-state index in [4.69, 9.17) is 11.6 Å². The van der Waals surface area contributed by atoms with Crippen molar-refractivity contribution in [3.8, 4) is 0 Å². The Balaban J connectivity index is 2.26. The number of hydrogen-bond donors (Lipinski definition) is 2. The van der Waals surface area contributed by atoms with Crippen LogP contribution in [0.1, 0.15) is 29.4 Å². The lowest BCUT2D eigenvalue weighted by Gasteiger charge is -2.09. The molecule has 2 aromatic rings. The molecule has 2 heterocycles. The Hall–Kier alpha value is -2.14. The lowest BCUT2D eigenvalue weighted by Crippen LogP contribution is -2.14. The fourth-order valence-electron chi connectivity index (χ4n) is 1.89. The van der Waals surface area contributed by atoms with Crippen molar-refractivity contribution in [2.45, 2.75) is 19.8 Å². The minimum atomic E-state index is -0.258. The van der Waals surface area contributed by atoms with E-state index in [1.807, 2.05) is 0 Å².